The molecule has 1 aromatic heterocycles. The summed E-state index contributed by atoms with van der Waals surface area (Å²) >= 11 is 13.3. The average molecular weight is 580 g/mol. The number of ether oxygens (including phenoxy) is 1. The predicted octanol–water partition coefficient (Wildman–Crippen LogP) is 6.99. The molecule has 3 aromatic carbocycles. The summed E-state index contributed by atoms with van der Waals surface area (Å²) < 4.78 is 7.23. The highest BCUT2D eigenvalue weighted by atomic mass is 35.5. The molecule has 1 saturated heterocycles. The molecule has 1 N–H and O–H groups in total. The topological polar surface area (TPSA) is 80.6 Å². The summed E-state index contributed by atoms with van der Waals surface area (Å²) in [5, 5.41) is 4.27. The minimum absolute atomic E-state index is 0.257. The molecule has 0 unspecified atom stereocenters. The van der Waals surface area contributed by atoms with Gasteiger partial charge in [0.1, 0.15) is 12.3 Å². The van der Waals surface area contributed by atoms with Gasteiger partial charge in [-0.05, 0) is 72.8 Å². The van der Waals surface area contributed by atoms with E-state index in [0.717, 1.165) is 44.4 Å². The molecule has 198 valence electrons. The van der Waals surface area contributed by atoms with Crippen molar-refractivity contribution in [1.82, 2.24) is 9.47 Å². The van der Waals surface area contributed by atoms with Crippen LogP contribution < -0.4 is 10.1 Å². The molecule has 0 bridgehead atoms. The molecule has 2 heterocycles. The summed E-state index contributed by atoms with van der Waals surface area (Å²) in [6, 6.07) is 20.0. The van der Waals surface area contributed by atoms with Crippen molar-refractivity contribution in [2.45, 2.75) is 13.5 Å². The van der Waals surface area contributed by atoms with Gasteiger partial charge in [-0.1, -0.05) is 47.5 Å². The molecule has 7 nitrogen and oxygen atoms in total. The molecule has 0 aliphatic carbocycles. The standard InChI is InChI=1S/C29H23Cl2N3O4S/c1-17-23(22-5-3-4-6-25(22)33(17)15-18-7-8-19(30)13-24(18)31)14-26-28(36)34(29(37)39-26)16-27(35)32-20-9-11-21(38-2)12-10-20/h3-14H,15-16H2,1-2H3,(H,32,35)/b26-14+. The maximum Gasteiger partial charge on any atom is 0.294 e. The minimum Gasteiger partial charge on any atom is -0.497 e. The number of fused-ring (bicyclic) bond motifs is 1. The number of aromatic nitrogens is 1. The molecule has 1 fully saturated rings. The summed E-state index contributed by atoms with van der Waals surface area (Å²) in [5.41, 5.74) is 4.13. The number of nitrogens with one attached hydrogen (secondary N) is 1. The third kappa shape index (κ3) is 5.54. The van der Waals surface area contributed by atoms with Crippen LogP contribution in [0.15, 0.2) is 71.6 Å². The molecule has 0 saturated carbocycles. The Morgan fingerprint density at radius 3 is 2.51 bits per heavy atom. The lowest BCUT2D eigenvalue weighted by Crippen LogP contribution is -2.36. The predicted molar refractivity (Wildman–Crippen MR) is 157 cm³/mol. The number of para-hydroxylation sites is 1. The highest BCUT2D eigenvalue weighted by molar-refractivity contribution is 8.18. The van der Waals surface area contributed by atoms with Crippen molar-refractivity contribution < 1.29 is 19.1 Å². The summed E-state index contributed by atoms with van der Waals surface area (Å²) in [6.07, 6.45) is 1.73. The molecule has 39 heavy (non-hydrogen) atoms. The van der Waals surface area contributed by atoms with Gasteiger partial charge in [-0.25, -0.2) is 0 Å². The summed E-state index contributed by atoms with van der Waals surface area (Å²) in [6.45, 7) is 2.08. The maximum absolute atomic E-state index is 13.2. The molecule has 0 radical (unpaired) electrons. The number of carbonyl (C=O) groups is 3. The van der Waals surface area contributed by atoms with E-state index in [1.807, 2.05) is 37.3 Å². The molecular formula is C29H23Cl2N3O4S. The number of carbonyl (C=O) groups excluding carboxylic acids is 3. The SMILES string of the molecule is COc1ccc(NC(=O)CN2C(=O)S/C(=C/c3c(C)n(Cc4ccc(Cl)cc4Cl)c4ccccc34)C2=O)cc1. The number of benzene rings is 3. The first-order chi connectivity index (χ1) is 18.7. The van der Waals surface area contributed by atoms with Crippen LogP contribution in [0, 0.1) is 6.92 Å². The van der Waals surface area contributed by atoms with E-state index in [9.17, 15) is 14.4 Å². The Balaban J connectivity index is 1.40. The van der Waals surface area contributed by atoms with Crippen molar-refractivity contribution in [2.24, 2.45) is 0 Å². The van der Waals surface area contributed by atoms with E-state index in [2.05, 4.69) is 9.88 Å². The van der Waals surface area contributed by atoms with Crippen LogP contribution in [-0.2, 0) is 16.1 Å². The molecular weight excluding hydrogens is 557 g/mol. The van der Waals surface area contributed by atoms with Crippen molar-refractivity contribution in [1.29, 1.82) is 0 Å². The van der Waals surface area contributed by atoms with Crippen LogP contribution in [0.1, 0.15) is 16.8 Å². The number of imide groups is 1. The second-order valence-electron chi connectivity index (χ2n) is 8.88. The monoisotopic (exact) mass is 579 g/mol. The van der Waals surface area contributed by atoms with Crippen molar-refractivity contribution in [3.05, 3.63) is 98.5 Å². The number of amides is 3. The van der Waals surface area contributed by atoms with Crippen LogP contribution in [0.4, 0.5) is 10.5 Å². The zero-order valence-electron chi connectivity index (χ0n) is 21.0. The summed E-state index contributed by atoms with van der Waals surface area (Å²) in [5.74, 6) is -0.333. The number of nitrogens with zero attached hydrogens (tertiary/aromatic N) is 2. The Bertz CT molecular complexity index is 1650. The van der Waals surface area contributed by atoms with Crippen LogP contribution in [0.2, 0.25) is 10.0 Å². The molecule has 10 heteroatoms. The fourth-order valence-electron chi connectivity index (χ4n) is 4.45. The zero-order valence-corrected chi connectivity index (χ0v) is 23.4. The van der Waals surface area contributed by atoms with Crippen LogP contribution >= 0.6 is 35.0 Å². The van der Waals surface area contributed by atoms with Crippen LogP contribution in [0.5, 0.6) is 5.75 Å². The largest absolute Gasteiger partial charge is 0.497 e. The first-order valence-corrected chi connectivity index (χ1v) is 13.5. The number of thioether (sulfide) groups is 1. The van der Waals surface area contributed by atoms with Crippen molar-refractivity contribution in [3.8, 4) is 5.75 Å². The van der Waals surface area contributed by atoms with Gasteiger partial charge in [0.15, 0.2) is 0 Å². The maximum atomic E-state index is 13.2. The third-order valence-electron chi connectivity index (χ3n) is 6.45. The smallest absolute Gasteiger partial charge is 0.294 e. The Kier molecular flexibility index (Phi) is 7.70. The second kappa shape index (κ2) is 11.2. The Labute approximate surface area is 239 Å². The fourth-order valence-corrected chi connectivity index (χ4v) is 5.74. The van der Waals surface area contributed by atoms with Gasteiger partial charge < -0.3 is 14.6 Å². The van der Waals surface area contributed by atoms with Gasteiger partial charge in [0.25, 0.3) is 11.1 Å². The van der Waals surface area contributed by atoms with E-state index in [1.54, 1.807) is 49.6 Å². The quantitative estimate of drug-likeness (QED) is 0.239. The molecule has 0 spiro atoms. The van der Waals surface area contributed by atoms with Gasteiger partial charge in [0.2, 0.25) is 5.91 Å². The van der Waals surface area contributed by atoms with Crippen molar-refractivity contribution in [3.63, 3.8) is 0 Å². The number of halogens is 2. The second-order valence-corrected chi connectivity index (χ2v) is 10.7. The van der Waals surface area contributed by atoms with Gasteiger partial charge >= 0.3 is 0 Å². The molecule has 5 rings (SSSR count). The number of rotatable bonds is 7. The number of anilines is 1. The van der Waals surface area contributed by atoms with Crippen LogP contribution in [-0.4, -0.2) is 40.2 Å². The van der Waals surface area contributed by atoms with Gasteiger partial charge in [-0.2, -0.15) is 0 Å². The lowest BCUT2D eigenvalue weighted by Gasteiger charge is -2.12. The van der Waals surface area contributed by atoms with E-state index >= 15 is 0 Å². The number of methoxy groups -OCH3 is 1. The highest BCUT2D eigenvalue weighted by Crippen LogP contribution is 2.36. The first kappa shape index (κ1) is 26.9. The van der Waals surface area contributed by atoms with E-state index < -0.39 is 17.1 Å². The van der Waals surface area contributed by atoms with Crippen molar-refractivity contribution >= 4 is 74.7 Å². The summed E-state index contributed by atoms with van der Waals surface area (Å²) in [7, 11) is 1.55. The molecule has 3 amide bonds. The van der Waals surface area contributed by atoms with Crippen molar-refractivity contribution in [2.75, 3.05) is 19.0 Å². The summed E-state index contributed by atoms with van der Waals surface area (Å²) in [4.78, 5) is 39.7. The average Bonchev–Trinajstić information content (AvgIpc) is 3.33. The highest BCUT2D eigenvalue weighted by Gasteiger charge is 2.36. The third-order valence-corrected chi connectivity index (χ3v) is 7.94. The molecule has 0 atom stereocenters. The lowest BCUT2D eigenvalue weighted by atomic mass is 10.1. The molecule has 4 aromatic rings. The Morgan fingerprint density at radius 2 is 1.79 bits per heavy atom. The van der Waals surface area contributed by atoms with Gasteiger partial charge in [-0.15, -0.1) is 0 Å². The van der Waals surface area contributed by atoms with Gasteiger partial charge in [0, 0.05) is 44.4 Å². The lowest BCUT2D eigenvalue weighted by molar-refractivity contribution is -0.127. The minimum atomic E-state index is -0.508. The number of hydrogen-bond donors (Lipinski definition) is 1. The zero-order chi connectivity index (χ0) is 27.7. The Morgan fingerprint density at radius 1 is 1.05 bits per heavy atom. The molecule has 1 aliphatic rings. The molecule has 1 aliphatic heterocycles. The van der Waals surface area contributed by atoms with Crippen LogP contribution in [0.25, 0.3) is 17.0 Å². The normalized spacial score (nSPS) is 14.5. The van der Waals surface area contributed by atoms with E-state index in [-0.39, 0.29) is 11.4 Å². The Hall–Kier alpha value is -3.72. The van der Waals surface area contributed by atoms with Gasteiger partial charge in [-0.3, -0.25) is 19.3 Å². The van der Waals surface area contributed by atoms with Crippen LogP contribution in [0.3, 0.4) is 0 Å². The first-order valence-electron chi connectivity index (χ1n) is 12.0. The van der Waals surface area contributed by atoms with E-state index in [4.69, 9.17) is 27.9 Å². The number of hydrogen-bond acceptors (Lipinski definition) is 5. The fraction of sp³-hybridized carbons (Fsp3) is 0.138. The van der Waals surface area contributed by atoms with E-state index in [0.29, 0.717) is 28.0 Å². The van der Waals surface area contributed by atoms with E-state index in [1.165, 1.54) is 0 Å². The van der Waals surface area contributed by atoms with Gasteiger partial charge in [0.05, 0.1) is 12.0 Å².